The zero-order valence-electron chi connectivity index (χ0n) is 9.64. The first kappa shape index (κ1) is 15.7. The van der Waals surface area contributed by atoms with E-state index in [1.165, 1.54) is 0 Å². The lowest BCUT2D eigenvalue weighted by Crippen LogP contribution is -2.00. The Balaban J connectivity index is 2.53. The molecule has 0 bridgehead atoms. The molecule has 0 aromatic heterocycles. The van der Waals surface area contributed by atoms with Gasteiger partial charge in [0.1, 0.15) is 5.75 Å². The first-order valence-electron chi connectivity index (χ1n) is 5.43. The van der Waals surface area contributed by atoms with Crippen LogP contribution >= 0.6 is 55.2 Å². The van der Waals surface area contributed by atoms with Crippen LogP contribution in [0.25, 0.3) is 0 Å². The van der Waals surface area contributed by atoms with Crippen molar-refractivity contribution in [2.75, 3.05) is 18.1 Å². The second-order valence-electron chi connectivity index (χ2n) is 3.42. The Labute approximate surface area is 129 Å². The van der Waals surface area contributed by atoms with Gasteiger partial charge in [-0.05, 0) is 67.5 Å². The number of hydrogen-bond donors (Lipinski definition) is 0. The number of thioether (sulfide) groups is 1. The molecule has 0 aliphatic heterocycles. The van der Waals surface area contributed by atoms with Gasteiger partial charge in [0.05, 0.1) is 15.6 Å². The maximum atomic E-state index is 5.80. The summed E-state index contributed by atoms with van der Waals surface area (Å²) in [5.74, 6) is 3.67. The number of hydrogen-bond acceptors (Lipinski definition) is 2. The van der Waals surface area contributed by atoms with Crippen LogP contribution in [0.3, 0.4) is 0 Å². The molecular weight excluding hydrogens is 387 g/mol. The smallest absolute Gasteiger partial charge is 0.147 e. The molecular formula is C12H15Br2ClOS. The van der Waals surface area contributed by atoms with E-state index in [0.717, 1.165) is 44.8 Å². The van der Waals surface area contributed by atoms with Crippen molar-refractivity contribution < 1.29 is 4.74 Å². The summed E-state index contributed by atoms with van der Waals surface area (Å²) in [4.78, 5) is 0. The van der Waals surface area contributed by atoms with E-state index in [0.29, 0.717) is 5.88 Å². The molecule has 0 amide bonds. The van der Waals surface area contributed by atoms with Gasteiger partial charge in [-0.3, -0.25) is 0 Å². The fourth-order valence-electron chi connectivity index (χ4n) is 1.31. The molecule has 0 saturated heterocycles. The summed E-state index contributed by atoms with van der Waals surface area (Å²) in [5, 5.41) is 0. The van der Waals surface area contributed by atoms with Crippen molar-refractivity contribution in [1.29, 1.82) is 0 Å². The molecule has 0 N–H and O–H groups in total. The van der Waals surface area contributed by atoms with Crippen molar-refractivity contribution in [2.45, 2.75) is 19.2 Å². The van der Waals surface area contributed by atoms with Crippen molar-refractivity contribution in [3.8, 4) is 5.75 Å². The monoisotopic (exact) mass is 400 g/mol. The summed E-state index contributed by atoms with van der Waals surface area (Å²) in [6.45, 7) is 2.91. The fraction of sp³-hybridized carbons (Fsp3) is 0.500. The third-order valence-electron chi connectivity index (χ3n) is 2.10. The molecule has 0 aliphatic carbocycles. The average Bonchev–Trinajstić information content (AvgIpc) is 2.31. The second-order valence-corrected chi connectivity index (χ2v) is 6.79. The minimum Gasteiger partial charge on any atom is -0.491 e. The van der Waals surface area contributed by atoms with Gasteiger partial charge in [0, 0.05) is 5.88 Å². The predicted octanol–water partition coefficient (Wildman–Crippen LogP) is 5.47. The van der Waals surface area contributed by atoms with Gasteiger partial charge in [-0.2, -0.15) is 11.8 Å². The largest absolute Gasteiger partial charge is 0.491 e. The number of halogens is 3. The first-order chi connectivity index (χ1) is 8.19. The summed E-state index contributed by atoms with van der Waals surface area (Å²) >= 11 is 14.7. The van der Waals surface area contributed by atoms with Gasteiger partial charge in [0.15, 0.2) is 0 Å². The maximum Gasteiger partial charge on any atom is 0.147 e. The molecule has 0 radical (unpaired) electrons. The molecule has 1 aromatic carbocycles. The normalized spacial score (nSPS) is 10.6. The summed E-state index contributed by atoms with van der Waals surface area (Å²) in [6, 6.07) is 3.99. The molecule has 0 spiro atoms. The van der Waals surface area contributed by atoms with Gasteiger partial charge in [0.2, 0.25) is 0 Å². The topological polar surface area (TPSA) is 9.23 Å². The van der Waals surface area contributed by atoms with Crippen LogP contribution in [0.1, 0.15) is 18.9 Å². The lowest BCUT2D eigenvalue weighted by Gasteiger charge is -2.11. The number of ether oxygens (including phenoxy) is 1. The van der Waals surface area contributed by atoms with Crippen LogP contribution < -0.4 is 4.74 Å². The maximum absolute atomic E-state index is 5.80. The first-order valence-corrected chi connectivity index (χ1v) is 8.71. The van der Waals surface area contributed by atoms with Crippen LogP contribution in [0, 0.1) is 0 Å². The molecule has 0 atom stereocenters. The molecule has 0 saturated carbocycles. The molecule has 0 heterocycles. The van der Waals surface area contributed by atoms with Gasteiger partial charge in [-0.1, -0.05) is 6.92 Å². The number of alkyl halides is 1. The quantitative estimate of drug-likeness (QED) is 0.442. The lowest BCUT2D eigenvalue weighted by molar-refractivity contribution is 0.315. The molecule has 96 valence electrons. The van der Waals surface area contributed by atoms with Crippen LogP contribution in [-0.2, 0) is 5.88 Å². The molecule has 1 aromatic rings. The average molecular weight is 403 g/mol. The Bertz CT molecular complexity index is 337. The van der Waals surface area contributed by atoms with Gasteiger partial charge in [-0.25, -0.2) is 0 Å². The molecule has 17 heavy (non-hydrogen) atoms. The van der Waals surface area contributed by atoms with Crippen LogP contribution in [-0.4, -0.2) is 18.1 Å². The molecule has 1 rings (SSSR count). The van der Waals surface area contributed by atoms with Crippen molar-refractivity contribution in [3.05, 3.63) is 26.6 Å². The second kappa shape index (κ2) is 8.68. The van der Waals surface area contributed by atoms with E-state index < -0.39 is 0 Å². The molecule has 5 heteroatoms. The molecule has 0 aliphatic rings. The van der Waals surface area contributed by atoms with E-state index in [1.54, 1.807) is 0 Å². The SMILES string of the molecule is CCSCCCOc1c(Br)cc(CCl)cc1Br. The zero-order valence-corrected chi connectivity index (χ0v) is 14.4. The van der Waals surface area contributed by atoms with Crippen LogP contribution in [0.5, 0.6) is 5.75 Å². The fourth-order valence-corrected chi connectivity index (χ4v) is 3.58. The van der Waals surface area contributed by atoms with E-state index in [1.807, 2.05) is 23.9 Å². The third kappa shape index (κ3) is 5.41. The van der Waals surface area contributed by atoms with Crippen molar-refractivity contribution in [3.63, 3.8) is 0 Å². The Kier molecular flexibility index (Phi) is 8.00. The highest BCUT2D eigenvalue weighted by Gasteiger charge is 2.08. The highest BCUT2D eigenvalue weighted by atomic mass is 79.9. The third-order valence-corrected chi connectivity index (χ3v) is 4.57. The summed E-state index contributed by atoms with van der Waals surface area (Å²) in [5.41, 5.74) is 1.07. The van der Waals surface area contributed by atoms with Crippen LogP contribution in [0.2, 0.25) is 0 Å². The summed E-state index contributed by atoms with van der Waals surface area (Å²) in [7, 11) is 0. The molecule has 0 fully saturated rings. The summed E-state index contributed by atoms with van der Waals surface area (Å²) < 4.78 is 7.66. The Morgan fingerprint density at radius 2 is 1.94 bits per heavy atom. The van der Waals surface area contributed by atoms with Crippen LogP contribution in [0.4, 0.5) is 0 Å². The molecule has 1 nitrogen and oxygen atoms in total. The van der Waals surface area contributed by atoms with E-state index in [4.69, 9.17) is 16.3 Å². The van der Waals surface area contributed by atoms with Gasteiger partial charge in [-0.15, -0.1) is 11.6 Å². The number of benzene rings is 1. The minimum absolute atomic E-state index is 0.505. The number of rotatable bonds is 7. The van der Waals surface area contributed by atoms with Crippen LogP contribution in [0.15, 0.2) is 21.1 Å². The van der Waals surface area contributed by atoms with E-state index in [-0.39, 0.29) is 0 Å². The van der Waals surface area contributed by atoms with E-state index >= 15 is 0 Å². The van der Waals surface area contributed by atoms with Gasteiger partial charge < -0.3 is 4.74 Å². The zero-order chi connectivity index (χ0) is 12.7. The van der Waals surface area contributed by atoms with E-state index in [2.05, 4.69) is 38.8 Å². The molecule has 0 unspecified atom stereocenters. The summed E-state index contributed by atoms with van der Waals surface area (Å²) in [6.07, 6.45) is 1.06. The van der Waals surface area contributed by atoms with Crippen molar-refractivity contribution in [2.24, 2.45) is 0 Å². The standard InChI is InChI=1S/C12H15Br2ClOS/c1-2-17-5-3-4-16-12-10(13)6-9(8-15)7-11(12)14/h6-7H,2-5,8H2,1H3. The highest BCUT2D eigenvalue weighted by molar-refractivity contribution is 9.11. The predicted molar refractivity (Wildman–Crippen MR) is 84.5 cm³/mol. The highest BCUT2D eigenvalue weighted by Crippen LogP contribution is 2.35. The Morgan fingerprint density at radius 3 is 2.47 bits per heavy atom. The van der Waals surface area contributed by atoms with Crippen molar-refractivity contribution >= 4 is 55.2 Å². The minimum atomic E-state index is 0.505. The lowest BCUT2D eigenvalue weighted by atomic mass is 10.2. The van der Waals surface area contributed by atoms with Crippen molar-refractivity contribution in [1.82, 2.24) is 0 Å². The van der Waals surface area contributed by atoms with Gasteiger partial charge in [0.25, 0.3) is 0 Å². The van der Waals surface area contributed by atoms with Gasteiger partial charge >= 0.3 is 0 Å². The Hall–Kier alpha value is 0.620. The van der Waals surface area contributed by atoms with E-state index in [9.17, 15) is 0 Å². The Morgan fingerprint density at radius 1 is 1.29 bits per heavy atom.